The van der Waals surface area contributed by atoms with Gasteiger partial charge in [-0.3, -0.25) is 4.79 Å². The van der Waals surface area contributed by atoms with E-state index in [4.69, 9.17) is 4.74 Å². The number of carbonyl (C=O) groups excluding carboxylic acids is 1. The van der Waals surface area contributed by atoms with Gasteiger partial charge in [0.1, 0.15) is 6.07 Å². The Hall–Kier alpha value is -3.57. The van der Waals surface area contributed by atoms with Crippen molar-refractivity contribution < 1.29 is 9.53 Å². The number of allylic oxidation sites excluding steroid dienone is 2. The molecule has 5 rings (SSSR count). The van der Waals surface area contributed by atoms with E-state index < -0.39 is 5.60 Å². The van der Waals surface area contributed by atoms with E-state index in [0.717, 1.165) is 42.5 Å². The number of nitriles is 2. The van der Waals surface area contributed by atoms with Gasteiger partial charge in [-0.2, -0.15) is 10.5 Å². The monoisotopic (exact) mass is 395 g/mol. The van der Waals surface area contributed by atoms with Crippen molar-refractivity contribution in [1.29, 1.82) is 10.5 Å². The van der Waals surface area contributed by atoms with Gasteiger partial charge in [-0.05, 0) is 24.5 Å². The molecule has 1 saturated carbocycles. The number of hydrogen-bond acceptors (Lipinski definition) is 4. The number of rotatable bonds is 2. The number of amides is 1. The van der Waals surface area contributed by atoms with Crippen LogP contribution in [0.2, 0.25) is 0 Å². The van der Waals surface area contributed by atoms with Gasteiger partial charge in [0, 0.05) is 17.4 Å². The lowest BCUT2D eigenvalue weighted by molar-refractivity contribution is -0.153. The van der Waals surface area contributed by atoms with Crippen LogP contribution in [0.15, 0.2) is 65.9 Å². The summed E-state index contributed by atoms with van der Waals surface area (Å²) in [7, 11) is 0. The van der Waals surface area contributed by atoms with Crippen molar-refractivity contribution in [2.24, 2.45) is 11.8 Å². The SMILES string of the molecule is N#CC1=C(C#N)C2CCCCC2C2(O1)C(=O)N(Cc1ccccc1)c1ccccc12. The van der Waals surface area contributed by atoms with Crippen LogP contribution in [-0.2, 0) is 21.7 Å². The fourth-order valence-corrected chi connectivity index (χ4v) is 5.47. The Labute approximate surface area is 175 Å². The second-order valence-corrected chi connectivity index (χ2v) is 8.20. The van der Waals surface area contributed by atoms with Gasteiger partial charge in [0.05, 0.1) is 23.9 Å². The molecule has 2 aromatic carbocycles. The smallest absolute Gasteiger partial charge is 0.276 e. The Morgan fingerprint density at radius 2 is 1.73 bits per heavy atom. The van der Waals surface area contributed by atoms with Gasteiger partial charge in [-0.15, -0.1) is 0 Å². The van der Waals surface area contributed by atoms with Crippen LogP contribution in [0.3, 0.4) is 0 Å². The molecule has 148 valence electrons. The molecular weight excluding hydrogens is 374 g/mol. The van der Waals surface area contributed by atoms with E-state index in [1.165, 1.54) is 0 Å². The molecule has 0 bridgehead atoms. The zero-order valence-electron chi connectivity index (χ0n) is 16.5. The van der Waals surface area contributed by atoms with E-state index in [9.17, 15) is 15.3 Å². The van der Waals surface area contributed by atoms with Gasteiger partial charge in [-0.25, -0.2) is 0 Å². The molecule has 3 aliphatic rings. The van der Waals surface area contributed by atoms with Crippen molar-refractivity contribution in [2.75, 3.05) is 4.90 Å². The van der Waals surface area contributed by atoms with Gasteiger partial charge >= 0.3 is 0 Å². The molecule has 0 N–H and O–H groups in total. The van der Waals surface area contributed by atoms with Crippen LogP contribution in [0, 0.1) is 34.5 Å². The third kappa shape index (κ3) is 2.49. The first-order valence-electron chi connectivity index (χ1n) is 10.4. The topological polar surface area (TPSA) is 77.1 Å². The third-order valence-electron chi connectivity index (χ3n) is 6.73. The van der Waals surface area contributed by atoms with Crippen molar-refractivity contribution in [3.63, 3.8) is 0 Å². The highest BCUT2D eigenvalue weighted by atomic mass is 16.5. The van der Waals surface area contributed by atoms with E-state index in [1.54, 1.807) is 4.90 Å². The molecule has 0 radical (unpaired) electrons. The molecule has 2 aromatic rings. The van der Waals surface area contributed by atoms with Crippen LogP contribution in [0.5, 0.6) is 0 Å². The summed E-state index contributed by atoms with van der Waals surface area (Å²) in [5.74, 6) is -0.396. The number of anilines is 1. The Balaban J connectivity index is 1.68. The summed E-state index contributed by atoms with van der Waals surface area (Å²) in [5, 5.41) is 19.5. The highest BCUT2D eigenvalue weighted by Gasteiger charge is 2.63. The molecule has 1 spiro atoms. The molecule has 2 heterocycles. The number of fused-ring (bicyclic) bond motifs is 4. The first kappa shape index (κ1) is 18.5. The average Bonchev–Trinajstić information content (AvgIpc) is 3.03. The van der Waals surface area contributed by atoms with Crippen molar-refractivity contribution in [1.82, 2.24) is 0 Å². The molecule has 5 heteroatoms. The lowest BCUT2D eigenvalue weighted by Gasteiger charge is -2.46. The minimum atomic E-state index is -1.23. The van der Waals surface area contributed by atoms with E-state index in [0.29, 0.717) is 12.1 Å². The molecule has 30 heavy (non-hydrogen) atoms. The zero-order valence-corrected chi connectivity index (χ0v) is 16.5. The van der Waals surface area contributed by atoms with Gasteiger partial charge in [-0.1, -0.05) is 61.4 Å². The zero-order chi connectivity index (χ0) is 20.7. The van der Waals surface area contributed by atoms with Crippen molar-refractivity contribution in [3.05, 3.63) is 77.1 Å². The molecule has 2 aliphatic heterocycles. The number of carbonyl (C=O) groups is 1. The summed E-state index contributed by atoms with van der Waals surface area (Å²) in [6.45, 7) is 0.440. The molecule has 1 aliphatic carbocycles. The molecule has 5 nitrogen and oxygen atoms in total. The standard InChI is InChI=1S/C25H21N3O2/c26-14-19-18-10-4-5-11-20(18)25(30-23(19)15-27)21-12-6-7-13-22(21)28(24(25)29)16-17-8-2-1-3-9-17/h1-3,6-9,12-13,18,20H,4-5,10-11,16H2. The van der Waals surface area contributed by atoms with E-state index in [-0.39, 0.29) is 23.5 Å². The third-order valence-corrected chi connectivity index (χ3v) is 6.73. The van der Waals surface area contributed by atoms with Gasteiger partial charge in [0.2, 0.25) is 11.4 Å². The highest BCUT2D eigenvalue weighted by molar-refractivity contribution is 6.07. The molecule has 1 fully saturated rings. The summed E-state index contributed by atoms with van der Waals surface area (Å²) in [6, 6.07) is 21.9. The quantitative estimate of drug-likeness (QED) is 0.746. The second kappa shape index (κ2) is 7.04. The summed E-state index contributed by atoms with van der Waals surface area (Å²) < 4.78 is 6.27. The maximum Gasteiger partial charge on any atom is 0.276 e. The summed E-state index contributed by atoms with van der Waals surface area (Å²) in [4.78, 5) is 15.8. The predicted molar refractivity (Wildman–Crippen MR) is 111 cm³/mol. The minimum absolute atomic E-state index is 0.00497. The Bertz CT molecular complexity index is 1130. The largest absolute Gasteiger partial charge is 0.461 e. The van der Waals surface area contributed by atoms with Crippen molar-refractivity contribution in [2.45, 2.75) is 37.8 Å². The lowest BCUT2D eigenvalue weighted by atomic mass is 9.64. The molecule has 0 aromatic heterocycles. The summed E-state index contributed by atoms with van der Waals surface area (Å²) in [6.07, 6.45) is 3.58. The number of para-hydroxylation sites is 1. The van der Waals surface area contributed by atoms with Crippen molar-refractivity contribution in [3.8, 4) is 12.1 Å². The maximum atomic E-state index is 14.0. The number of benzene rings is 2. The van der Waals surface area contributed by atoms with Crippen LogP contribution < -0.4 is 4.90 Å². The lowest BCUT2D eigenvalue weighted by Crippen LogP contribution is -2.53. The predicted octanol–water partition coefficient (Wildman–Crippen LogP) is 4.57. The second-order valence-electron chi connectivity index (χ2n) is 8.20. The van der Waals surface area contributed by atoms with Crippen LogP contribution in [0.4, 0.5) is 5.69 Å². The summed E-state index contributed by atoms with van der Waals surface area (Å²) >= 11 is 0. The van der Waals surface area contributed by atoms with Crippen LogP contribution >= 0.6 is 0 Å². The molecule has 3 atom stereocenters. The minimum Gasteiger partial charge on any atom is -0.461 e. The molecule has 0 saturated heterocycles. The normalized spacial score (nSPS) is 27.1. The first-order valence-corrected chi connectivity index (χ1v) is 10.4. The first-order chi connectivity index (χ1) is 14.7. The number of nitrogens with zero attached hydrogens (tertiary/aromatic N) is 3. The fourth-order valence-electron chi connectivity index (χ4n) is 5.47. The highest BCUT2D eigenvalue weighted by Crippen LogP contribution is 2.58. The molecular formula is C25H21N3O2. The van der Waals surface area contributed by atoms with Crippen molar-refractivity contribution >= 4 is 11.6 Å². The Morgan fingerprint density at radius 1 is 1.00 bits per heavy atom. The molecule has 1 amide bonds. The Kier molecular flexibility index (Phi) is 4.33. The Morgan fingerprint density at radius 3 is 2.50 bits per heavy atom. The van der Waals surface area contributed by atoms with Gasteiger partial charge in [0.25, 0.3) is 5.91 Å². The fraction of sp³-hybridized carbons (Fsp3) is 0.320. The van der Waals surface area contributed by atoms with E-state index in [1.807, 2.05) is 54.6 Å². The van der Waals surface area contributed by atoms with E-state index >= 15 is 0 Å². The van der Waals surface area contributed by atoms with Crippen LogP contribution in [0.25, 0.3) is 0 Å². The van der Waals surface area contributed by atoms with E-state index in [2.05, 4.69) is 12.1 Å². The summed E-state index contributed by atoms with van der Waals surface area (Å²) in [5.41, 5.74) is 1.84. The van der Waals surface area contributed by atoms with Crippen LogP contribution in [0.1, 0.15) is 36.8 Å². The van der Waals surface area contributed by atoms with Gasteiger partial charge < -0.3 is 9.64 Å². The van der Waals surface area contributed by atoms with Gasteiger partial charge in [0.15, 0.2) is 0 Å². The maximum absolute atomic E-state index is 14.0. The number of hydrogen-bond donors (Lipinski definition) is 0. The van der Waals surface area contributed by atoms with Crippen LogP contribution in [-0.4, -0.2) is 5.91 Å². The number of ether oxygens (including phenoxy) is 1. The average molecular weight is 395 g/mol. The molecule has 3 unspecified atom stereocenters.